The van der Waals surface area contributed by atoms with Crippen LogP contribution in [0.2, 0.25) is 0 Å². The lowest BCUT2D eigenvalue weighted by atomic mass is 10.2. The molecule has 0 atom stereocenters. The maximum absolute atomic E-state index is 5.64. The second kappa shape index (κ2) is 6.61. The Labute approximate surface area is 115 Å². The van der Waals surface area contributed by atoms with Gasteiger partial charge in [-0.15, -0.1) is 10.2 Å². The van der Waals surface area contributed by atoms with E-state index < -0.39 is 0 Å². The first-order valence-electron chi connectivity index (χ1n) is 5.61. The van der Waals surface area contributed by atoms with Crippen molar-refractivity contribution < 1.29 is 4.74 Å². The molecule has 0 bridgehead atoms. The van der Waals surface area contributed by atoms with E-state index in [0.717, 1.165) is 21.0 Å². The summed E-state index contributed by atoms with van der Waals surface area (Å²) in [4.78, 5) is 0. The molecule has 0 aliphatic rings. The molecule has 2 rings (SSSR count). The lowest BCUT2D eigenvalue weighted by molar-refractivity contribution is 0.344. The molecule has 0 radical (unpaired) electrons. The van der Waals surface area contributed by atoms with Gasteiger partial charge in [0.1, 0.15) is 5.75 Å². The predicted molar refractivity (Wildman–Crippen MR) is 76.9 cm³/mol. The van der Waals surface area contributed by atoms with Crippen molar-refractivity contribution in [3.05, 3.63) is 29.8 Å². The van der Waals surface area contributed by atoms with E-state index in [9.17, 15) is 0 Å². The summed E-state index contributed by atoms with van der Waals surface area (Å²) in [6.45, 7) is 2.73. The Bertz CT molecular complexity index is 484. The Morgan fingerprint density at radius 2 is 2.06 bits per heavy atom. The number of nitrogens with one attached hydrogen (secondary N) is 1. The van der Waals surface area contributed by atoms with Crippen LogP contribution in [0.3, 0.4) is 0 Å². The fraction of sp³-hybridized carbons (Fsp3) is 0.333. The summed E-state index contributed by atoms with van der Waals surface area (Å²) in [5, 5.41) is 11.8. The molecule has 0 aliphatic carbocycles. The number of hydrogen-bond donors (Lipinski definition) is 1. The molecule has 1 aromatic heterocycles. The summed E-state index contributed by atoms with van der Waals surface area (Å²) in [5.41, 5.74) is 1.24. The van der Waals surface area contributed by atoms with Gasteiger partial charge in [0, 0.05) is 12.8 Å². The van der Waals surface area contributed by atoms with E-state index in [1.54, 1.807) is 23.1 Å². The molecule has 1 N–H and O–H groups in total. The number of nitrogens with zero attached hydrogens (tertiary/aromatic N) is 2. The molecule has 96 valence electrons. The average molecular weight is 281 g/mol. The van der Waals surface area contributed by atoms with E-state index in [4.69, 9.17) is 4.74 Å². The van der Waals surface area contributed by atoms with Gasteiger partial charge in [0.2, 0.25) is 5.13 Å². The van der Waals surface area contributed by atoms with Gasteiger partial charge in [-0.25, -0.2) is 0 Å². The SMILES string of the molecule is CNc1nnc(SCCOc2ccc(C)cc2)s1. The number of ether oxygens (including phenoxy) is 1. The summed E-state index contributed by atoms with van der Waals surface area (Å²) in [6.07, 6.45) is 0. The van der Waals surface area contributed by atoms with Crippen LogP contribution in [-0.2, 0) is 0 Å². The first-order valence-corrected chi connectivity index (χ1v) is 7.41. The second-order valence-electron chi connectivity index (χ2n) is 3.63. The number of anilines is 1. The highest BCUT2D eigenvalue weighted by Crippen LogP contribution is 2.24. The molecule has 18 heavy (non-hydrogen) atoms. The molecule has 0 aliphatic heterocycles. The summed E-state index contributed by atoms with van der Waals surface area (Å²) in [5.74, 6) is 1.78. The normalized spacial score (nSPS) is 10.3. The van der Waals surface area contributed by atoms with Gasteiger partial charge in [-0.1, -0.05) is 40.8 Å². The van der Waals surface area contributed by atoms with Crippen LogP contribution in [0.4, 0.5) is 5.13 Å². The third-order valence-corrected chi connectivity index (χ3v) is 4.26. The van der Waals surface area contributed by atoms with Crippen LogP contribution in [0, 0.1) is 6.92 Å². The molecule has 4 nitrogen and oxygen atoms in total. The lowest BCUT2D eigenvalue weighted by Crippen LogP contribution is -1.99. The van der Waals surface area contributed by atoms with E-state index >= 15 is 0 Å². The van der Waals surface area contributed by atoms with Crippen LogP contribution in [0.25, 0.3) is 0 Å². The third-order valence-electron chi connectivity index (χ3n) is 2.22. The minimum atomic E-state index is 0.669. The van der Waals surface area contributed by atoms with Crippen LogP contribution in [0.5, 0.6) is 5.75 Å². The highest BCUT2D eigenvalue weighted by molar-refractivity contribution is 8.01. The van der Waals surface area contributed by atoms with Crippen molar-refractivity contribution in [3.8, 4) is 5.75 Å². The topological polar surface area (TPSA) is 47.0 Å². The Hall–Kier alpha value is -1.27. The summed E-state index contributed by atoms with van der Waals surface area (Å²) in [7, 11) is 1.84. The summed E-state index contributed by atoms with van der Waals surface area (Å²) in [6, 6.07) is 8.08. The third kappa shape index (κ3) is 3.89. The Morgan fingerprint density at radius 1 is 1.28 bits per heavy atom. The Morgan fingerprint density at radius 3 is 2.72 bits per heavy atom. The van der Waals surface area contributed by atoms with Crippen LogP contribution in [0.15, 0.2) is 28.6 Å². The molecule has 0 amide bonds. The maximum atomic E-state index is 5.64. The Kier molecular flexibility index (Phi) is 4.83. The molecule has 0 fully saturated rings. The minimum Gasteiger partial charge on any atom is -0.493 e. The standard InChI is InChI=1S/C12H15N3OS2/c1-9-3-5-10(6-4-9)16-7-8-17-12-15-14-11(13-2)18-12/h3-6H,7-8H2,1-2H3,(H,13,14). The zero-order chi connectivity index (χ0) is 12.8. The van der Waals surface area contributed by atoms with Gasteiger partial charge in [0.15, 0.2) is 4.34 Å². The van der Waals surface area contributed by atoms with Crippen LogP contribution in [-0.4, -0.2) is 29.6 Å². The summed E-state index contributed by atoms with van der Waals surface area (Å²) >= 11 is 3.21. The van der Waals surface area contributed by atoms with E-state index in [1.165, 1.54) is 5.56 Å². The number of rotatable bonds is 6. The molecule has 6 heteroatoms. The highest BCUT2D eigenvalue weighted by atomic mass is 32.2. The van der Waals surface area contributed by atoms with Crippen LogP contribution >= 0.6 is 23.1 Å². The van der Waals surface area contributed by atoms with Crippen molar-refractivity contribution in [1.82, 2.24) is 10.2 Å². The van der Waals surface area contributed by atoms with Gasteiger partial charge < -0.3 is 10.1 Å². The average Bonchev–Trinajstić information content (AvgIpc) is 2.85. The van der Waals surface area contributed by atoms with Crippen LogP contribution in [0.1, 0.15) is 5.56 Å². The fourth-order valence-electron chi connectivity index (χ4n) is 1.29. The summed E-state index contributed by atoms with van der Waals surface area (Å²) < 4.78 is 6.60. The van der Waals surface area contributed by atoms with E-state index in [2.05, 4.69) is 22.4 Å². The van der Waals surface area contributed by atoms with E-state index in [1.807, 2.05) is 31.3 Å². The minimum absolute atomic E-state index is 0.669. The molecule has 1 aromatic carbocycles. The van der Waals surface area contributed by atoms with Gasteiger partial charge in [-0.05, 0) is 19.1 Å². The fourth-order valence-corrected chi connectivity index (χ4v) is 2.89. The van der Waals surface area contributed by atoms with Crippen LogP contribution < -0.4 is 10.1 Å². The number of benzene rings is 1. The first kappa shape index (κ1) is 13.2. The first-order chi connectivity index (χ1) is 8.78. The molecule has 0 saturated carbocycles. The van der Waals surface area contributed by atoms with Gasteiger partial charge in [0.25, 0.3) is 0 Å². The van der Waals surface area contributed by atoms with Crippen molar-refractivity contribution in [2.45, 2.75) is 11.3 Å². The largest absolute Gasteiger partial charge is 0.493 e. The molecule has 0 unspecified atom stereocenters. The zero-order valence-electron chi connectivity index (χ0n) is 10.3. The van der Waals surface area contributed by atoms with Crippen molar-refractivity contribution in [1.29, 1.82) is 0 Å². The second-order valence-corrected chi connectivity index (χ2v) is 5.95. The molecular formula is C12H15N3OS2. The van der Waals surface area contributed by atoms with Crippen molar-refractivity contribution in [3.63, 3.8) is 0 Å². The van der Waals surface area contributed by atoms with E-state index in [0.29, 0.717) is 6.61 Å². The highest BCUT2D eigenvalue weighted by Gasteiger charge is 2.02. The van der Waals surface area contributed by atoms with Gasteiger partial charge >= 0.3 is 0 Å². The predicted octanol–water partition coefficient (Wildman–Crippen LogP) is 3.06. The molecule has 2 aromatic rings. The molecule has 1 heterocycles. The number of aromatic nitrogens is 2. The number of hydrogen-bond acceptors (Lipinski definition) is 6. The Balaban J connectivity index is 1.71. The van der Waals surface area contributed by atoms with E-state index in [-0.39, 0.29) is 0 Å². The smallest absolute Gasteiger partial charge is 0.206 e. The molecule has 0 saturated heterocycles. The number of thioether (sulfide) groups is 1. The van der Waals surface area contributed by atoms with Crippen molar-refractivity contribution in [2.75, 3.05) is 24.7 Å². The zero-order valence-corrected chi connectivity index (χ0v) is 12.0. The van der Waals surface area contributed by atoms with Gasteiger partial charge in [-0.2, -0.15) is 0 Å². The lowest BCUT2D eigenvalue weighted by Gasteiger charge is -2.04. The van der Waals surface area contributed by atoms with Gasteiger partial charge in [-0.3, -0.25) is 0 Å². The van der Waals surface area contributed by atoms with Crippen molar-refractivity contribution >= 4 is 28.2 Å². The molecular weight excluding hydrogens is 266 g/mol. The maximum Gasteiger partial charge on any atom is 0.206 e. The van der Waals surface area contributed by atoms with Gasteiger partial charge in [0.05, 0.1) is 6.61 Å². The van der Waals surface area contributed by atoms with Crippen molar-refractivity contribution in [2.24, 2.45) is 0 Å². The monoisotopic (exact) mass is 281 g/mol. The number of aryl methyl sites for hydroxylation is 1. The molecule has 0 spiro atoms. The quantitative estimate of drug-likeness (QED) is 0.651.